The van der Waals surface area contributed by atoms with Crippen molar-refractivity contribution < 1.29 is 14.3 Å². The average Bonchev–Trinajstić information content (AvgIpc) is 3.23. The number of para-hydroxylation sites is 1. The maximum Gasteiger partial charge on any atom is 0.330 e. The van der Waals surface area contributed by atoms with E-state index in [9.17, 15) is 9.59 Å². The zero-order valence-corrected chi connectivity index (χ0v) is 17.6. The predicted molar refractivity (Wildman–Crippen MR) is 125 cm³/mol. The van der Waals surface area contributed by atoms with Crippen molar-refractivity contribution in [3.05, 3.63) is 102 Å². The van der Waals surface area contributed by atoms with Crippen molar-refractivity contribution in [2.45, 2.75) is 6.92 Å². The largest absolute Gasteiger partial charge is 0.463 e. The van der Waals surface area contributed by atoms with Gasteiger partial charge in [-0.25, -0.2) is 9.48 Å². The van der Waals surface area contributed by atoms with Crippen molar-refractivity contribution in [1.82, 2.24) is 9.78 Å². The number of hydrogen-bond donors (Lipinski definition) is 0. The van der Waals surface area contributed by atoms with Crippen LogP contribution in [0.2, 0.25) is 0 Å². The molecular formula is C27H22N2O3. The Morgan fingerprint density at radius 3 is 2.28 bits per heavy atom. The Morgan fingerprint density at radius 2 is 1.59 bits per heavy atom. The fourth-order valence-electron chi connectivity index (χ4n) is 3.60. The Morgan fingerprint density at radius 1 is 0.938 bits per heavy atom. The molecule has 158 valence electrons. The summed E-state index contributed by atoms with van der Waals surface area (Å²) in [5, 5.41) is 4.85. The van der Waals surface area contributed by atoms with Gasteiger partial charge in [0.2, 0.25) is 0 Å². The van der Waals surface area contributed by atoms with Gasteiger partial charge in [-0.05, 0) is 30.7 Å². The lowest BCUT2D eigenvalue weighted by Gasteiger charge is -2.11. The van der Waals surface area contributed by atoms with Gasteiger partial charge in [-0.3, -0.25) is 4.79 Å². The second kappa shape index (κ2) is 9.71. The number of carbonyl (C=O) groups excluding carboxylic acids is 2. The number of esters is 1. The molecule has 4 rings (SSSR count). The van der Waals surface area contributed by atoms with E-state index in [0.29, 0.717) is 11.3 Å². The van der Waals surface area contributed by atoms with Crippen LogP contribution in [0.1, 0.15) is 23.0 Å². The molecule has 0 unspecified atom stereocenters. The van der Waals surface area contributed by atoms with Gasteiger partial charge in [0, 0.05) is 22.8 Å². The molecule has 0 bridgehead atoms. The topological polar surface area (TPSA) is 61.2 Å². The molecule has 0 radical (unpaired) electrons. The van der Waals surface area contributed by atoms with Crippen LogP contribution in [0.5, 0.6) is 0 Å². The van der Waals surface area contributed by atoms with E-state index in [4.69, 9.17) is 9.84 Å². The molecule has 0 fully saturated rings. The Balaban J connectivity index is 2.05. The molecule has 4 aromatic rings. The quantitative estimate of drug-likeness (QED) is 0.221. The van der Waals surface area contributed by atoms with Crippen LogP contribution in [-0.4, -0.2) is 28.6 Å². The molecule has 0 aliphatic heterocycles. The number of carbonyl (C=O) groups is 2. The number of hydrogen-bond acceptors (Lipinski definition) is 4. The van der Waals surface area contributed by atoms with E-state index in [1.807, 2.05) is 83.5 Å². The van der Waals surface area contributed by atoms with Crippen molar-refractivity contribution in [1.29, 1.82) is 0 Å². The number of aldehydes is 1. The third-order valence-electron chi connectivity index (χ3n) is 4.98. The fraction of sp³-hybridized carbons (Fsp3) is 0.0741. The minimum Gasteiger partial charge on any atom is -0.463 e. The van der Waals surface area contributed by atoms with Crippen molar-refractivity contribution in [2.24, 2.45) is 0 Å². The minimum atomic E-state index is -0.447. The highest BCUT2D eigenvalue weighted by Gasteiger charge is 2.22. The highest BCUT2D eigenvalue weighted by Crippen LogP contribution is 2.38. The standard InChI is InChI=1S/C27H22N2O3/c1-2-32-25(31)18-17-24-26(23-16-10-9-13-21(23)19-30)27(20-11-5-3-6-12-20)29(28-24)22-14-7-4-8-15-22/h3-19H,2H2,1H3/b18-17+. The molecule has 1 aromatic heterocycles. The summed E-state index contributed by atoms with van der Waals surface area (Å²) in [4.78, 5) is 23.9. The van der Waals surface area contributed by atoms with Crippen LogP contribution >= 0.6 is 0 Å². The number of ether oxygens (including phenoxy) is 1. The fourth-order valence-corrected chi connectivity index (χ4v) is 3.60. The SMILES string of the molecule is CCOC(=O)/C=C/c1nn(-c2ccccc2)c(-c2ccccc2)c1-c1ccccc1C=O. The molecule has 3 aromatic carbocycles. The second-order valence-corrected chi connectivity index (χ2v) is 7.01. The molecule has 0 N–H and O–H groups in total. The molecule has 0 spiro atoms. The number of aromatic nitrogens is 2. The van der Waals surface area contributed by atoms with Crippen molar-refractivity contribution in [3.63, 3.8) is 0 Å². The molecule has 5 heteroatoms. The van der Waals surface area contributed by atoms with E-state index >= 15 is 0 Å². The third kappa shape index (κ3) is 4.27. The normalized spacial score (nSPS) is 10.9. The van der Waals surface area contributed by atoms with E-state index in [1.54, 1.807) is 19.1 Å². The molecule has 32 heavy (non-hydrogen) atoms. The molecular weight excluding hydrogens is 400 g/mol. The first-order valence-electron chi connectivity index (χ1n) is 10.4. The van der Waals surface area contributed by atoms with Crippen LogP contribution in [-0.2, 0) is 9.53 Å². The van der Waals surface area contributed by atoms with E-state index in [-0.39, 0.29) is 6.61 Å². The van der Waals surface area contributed by atoms with Gasteiger partial charge >= 0.3 is 5.97 Å². The molecule has 0 aliphatic carbocycles. The zero-order valence-electron chi connectivity index (χ0n) is 17.6. The summed E-state index contributed by atoms with van der Waals surface area (Å²) in [7, 11) is 0. The van der Waals surface area contributed by atoms with Crippen LogP contribution in [0.4, 0.5) is 0 Å². The molecule has 0 amide bonds. The average molecular weight is 422 g/mol. The lowest BCUT2D eigenvalue weighted by atomic mass is 9.95. The lowest BCUT2D eigenvalue weighted by molar-refractivity contribution is -0.137. The van der Waals surface area contributed by atoms with Crippen LogP contribution in [0.15, 0.2) is 91.0 Å². The number of nitrogens with zero attached hydrogens (tertiary/aromatic N) is 2. The van der Waals surface area contributed by atoms with Crippen molar-refractivity contribution in [2.75, 3.05) is 6.61 Å². The summed E-state index contributed by atoms with van der Waals surface area (Å²) >= 11 is 0. The van der Waals surface area contributed by atoms with Crippen LogP contribution in [0.25, 0.3) is 34.1 Å². The Kier molecular flexibility index (Phi) is 6.37. The Hall–Kier alpha value is -4.25. The number of benzene rings is 3. The highest BCUT2D eigenvalue weighted by atomic mass is 16.5. The lowest BCUT2D eigenvalue weighted by Crippen LogP contribution is -2.00. The summed E-state index contributed by atoms with van der Waals surface area (Å²) in [6.45, 7) is 2.05. The zero-order chi connectivity index (χ0) is 22.3. The first kappa shape index (κ1) is 21.0. The monoisotopic (exact) mass is 422 g/mol. The summed E-state index contributed by atoms with van der Waals surface area (Å²) in [6.07, 6.45) is 3.84. The predicted octanol–water partition coefficient (Wildman–Crippen LogP) is 5.60. The van der Waals surface area contributed by atoms with E-state index in [2.05, 4.69) is 0 Å². The third-order valence-corrected chi connectivity index (χ3v) is 4.98. The van der Waals surface area contributed by atoms with Gasteiger partial charge in [0.1, 0.15) is 0 Å². The van der Waals surface area contributed by atoms with Gasteiger partial charge in [-0.1, -0.05) is 72.8 Å². The van der Waals surface area contributed by atoms with Crippen molar-refractivity contribution in [3.8, 4) is 28.1 Å². The van der Waals surface area contributed by atoms with Gasteiger partial charge in [-0.15, -0.1) is 0 Å². The molecule has 0 atom stereocenters. The van der Waals surface area contributed by atoms with Gasteiger partial charge in [0.05, 0.1) is 23.7 Å². The van der Waals surface area contributed by atoms with E-state index < -0.39 is 5.97 Å². The molecule has 5 nitrogen and oxygen atoms in total. The van der Waals surface area contributed by atoms with E-state index in [1.165, 1.54) is 6.08 Å². The van der Waals surface area contributed by atoms with Gasteiger partial charge in [0.25, 0.3) is 0 Å². The first-order valence-corrected chi connectivity index (χ1v) is 10.4. The van der Waals surface area contributed by atoms with Gasteiger partial charge in [-0.2, -0.15) is 5.10 Å². The molecule has 0 aliphatic rings. The van der Waals surface area contributed by atoms with Crippen LogP contribution in [0.3, 0.4) is 0 Å². The van der Waals surface area contributed by atoms with Crippen molar-refractivity contribution >= 4 is 18.3 Å². The van der Waals surface area contributed by atoms with Gasteiger partial charge in [0.15, 0.2) is 6.29 Å². The minimum absolute atomic E-state index is 0.289. The second-order valence-electron chi connectivity index (χ2n) is 7.01. The number of rotatable bonds is 7. The first-order chi connectivity index (χ1) is 15.7. The van der Waals surface area contributed by atoms with Gasteiger partial charge < -0.3 is 4.74 Å². The molecule has 0 saturated carbocycles. The van der Waals surface area contributed by atoms with E-state index in [0.717, 1.165) is 34.4 Å². The summed E-state index contributed by atoms with van der Waals surface area (Å²) < 4.78 is 6.89. The Bertz CT molecular complexity index is 1260. The highest BCUT2D eigenvalue weighted by molar-refractivity contribution is 5.97. The smallest absolute Gasteiger partial charge is 0.330 e. The Labute approximate surface area is 186 Å². The maximum absolute atomic E-state index is 12.0. The van der Waals surface area contributed by atoms with Crippen LogP contribution < -0.4 is 0 Å². The summed E-state index contributed by atoms with van der Waals surface area (Å²) in [5.74, 6) is -0.447. The summed E-state index contributed by atoms with van der Waals surface area (Å²) in [5.41, 5.74) is 5.26. The maximum atomic E-state index is 12.0. The molecule has 1 heterocycles. The molecule has 0 saturated heterocycles. The van der Waals surface area contributed by atoms with Crippen LogP contribution in [0, 0.1) is 0 Å². The summed E-state index contributed by atoms with van der Waals surface area (Å²) in [6, 6.07) is 27.0.